The Labute approximate surface area is 152 Å². The van der Waals surface area contributed by atoms with Crippen LogP contribution in [0.3, 0.4) is 0 Å². The second kappa shape index (κ2) is 5.53. The average Bonchev–Trinajstić information content (AvgIpc) is 2.62. The summed E-state index contributed by atoms with van der Waals surface area (Å²) in [6.45, 7) is 6.59. The van der Waals surface area contributed by atoms with Crippen LogP contribution in [0.25, 0.3) is 32.9 Å². The van der Waals surface area contributed by atoms with E-state index in [1.165, 1.54) is 16.3 Å². The van der Waals surface area contributed by atoms with Crippen molar-refractivity contribution in [1.29, 1.82) is 0 Å². The summed E-state index contributed by atoms with van der Waals surface area (Å²) in [7, 11) is 0. The number of aromatic nitrogens is 2. The van der Waals surface area contributed by atoms with Gasteiger partial charge in [-0.2, -0.15) is 0 Å². The quantitative estimate of drug-likeness (QED) is 0.391. The Morgan fingerprint density at radius 2 is 1.88 bits per heavy atom. The fourth-order valence-electron chi connectivity index (χ4n) is 4.01. The summed E-state index contributed by atoms with van der Waals surface area (Å²) in [4.78, 5) is 9.15. The standard InChI is InChI=1S/C23H20N2O/c1-13(2)8-15-9-19-21-20(10-15)26-23-14(3)17-7-5-4-6-16(17)11-18(23)22(21)25-12-24-19/h4-7,9-13H,8H2,1-3H3. The van der Waals surface area contributed by atoms with E-state index in [-0.39, 0.29) is 0 Å². The number of fused-ring (bicyclic) bond motifs is 3. The van der Waals surface area contributed by atoms with E-state index in [0.29, 0.717) is 5.92 Å². The Morgan fingerprint density at radius 3 is 2.73 bits per heavy atom. The first-order valence-electron chi connectivity index (χ1n) is 9.10. The highest BCUT2D eigenvalue weighted by molar-refractivity contribution is 6.04. The number of hydrogen-bond acceptors (Lipinski definition) is 3. The van der Waals surface area contributed by atoms with Gasteiger partial charge in [-0.3, -0.25) is 0 Å². The van der Waals surface area contributed by atoms with E-state index in [2.05, 4.69) is 73.2 Å². The molecule has 0 unspecified atom stereocenters. The Balaban J connectivity index is 1.83. The maximum atomic E-state index is 6.43. The molecule has 0 fully saturated rings. The maximum absolute atomic E-state index is 6.43. The van der Waals surface area contributed by atoms with Crippen molar-refractivity contribution in [3.63, 3.8) is 0 Å². The first-order chi connectivity index (χ1) is 12.6. The SMILES string of the molecule is Cc1c2c(cc3ccccc13)-c1ncnc3cc(CC(C)C)cc(c13)O2. The van der Waals surface area contributed by atoms with Crippen LogP contribution in [0.2, 0.25) is 0 Å². The van der Waals surface area contributed by atoms with Crippen molar-refractivity contribution < 1.29 is 4.74 Å². The van der Waals surface area contributed by atoms with Gasteiger partial charge in [0.25, 0.3) is 0 Å². The third-order valence-corrected chi connectivity index (χ3v) is 5.12. The molecule has 1 aliphatic heterocycles. The molecule has 5 rings (SSSR count). The zero-order valence-electron chi connectivity index (χ0n) is 15.2. The van der Waals surface area contributed by atoms with E-state index in [9.17, 15) is 0 Å². The van der Waals surface area contributed by atoms with Gasteiger partial charge in [-0.15, -0.1) is 0 Å². The van der Waals surface area contributed by atoms with Crippen LogP contribution in [0.1, 0.15) is 25.0 Å². The first kappa shape index (κ1) is 15.3. The normalized spacial score (nSPS) is 12.5. The van der Waals surface area contributed by atoms with Crippen LogP contribution in [0, 0.1) is 12.8 Å². The minimum absolute atomic E-state index is 0.586. The summed E-state index contributed by atoms with van der Waals surface area (Å²) >= 11 is 0. The van der Waals surface area contributed by atoms with Crippen LogP contribution in [-0.2, 0) is 6.42 Å². The zero-order chi connectivity index (χ0) is 17.8. The van der Waals surface area contributed by atoms with Gasteiger partial charge in [0.15, 0.2) is 0 Å². The summed E-state index contributed by atoms with van der Waals surface area (Å²) in [5, 5.41) is 3.44. The summed E-state index contributed by atoms with van der Waals surface area (Å²) in [5.74, 6) is 2.38. The number of nitrogens with zero attached hydrogens (tertiary/aromatic N) is 2. The van der Waals surface area contributed by atoms with Gasteiger partial charge in [0.05, 0.1) is 16.6 Å². The summed E-state index contributed by atoms with van der Waals surface area (Å²) in [5.41, 5.74) is 5.40. The monoisotopic (exact) mass is 340 g/mol. The number of rotatable bonds is 2. The molecule has 3 nitrogen and oxygen atoms in total. The molecule has 1 aromatic heterocycles. The lowest BCUT2D eigenvalue weighted by molar-refractivity contribution is 0.482. The molecule has 0 radical (unpaired) electrons. The molecule has 26 heavy (non-hydrogen) atoms. The van der Waals surface area contributed by atoms with Crippen molar-refractivity contribution in [2.75, 3.05) is 0 Å². The highest BCUT2D eigenvalue weighted by Crippen LogP contribution is 2.48. The van der Waals surface area contributed by atoms with Crippen molar-refractivity contribution in [3.8, 4) is 22.8 Å². The maximum Gasteiger partial charge on any atom is 0.140 e. The van der Waals surface area contributed by atoms with E-state index in [1.807, 2.05) is 0 Å². The van der Waals surface area contributed by atoms with Crippen molar-refractivity contribution in [2.45, 2.75) is 27.2 Å². The van der Waals surface area contributed by atoms with Gasteiger partial charge >= 0.3 is 0 Å². The number of ether oxygens (including phenoxy) is 1. The van der Waals surface area contributed by atoms with Gasteiger partial charge < -0.3 is 4.74 Å². The van der Waals surface area contributed by atoms with Gasteiger partial charge in [0.1, 0.15) is 17.8 Å². The number of aryl methyl sites for hydroxylation is 1. The fraction of sp³-hybridized carbons (Fsp3) is 0.217. The Hall–Kier alpha value is -2.94. The van der Waals surface area contributed by atoms with Gasteiger partial charge in [0.2, 0.25) is 0 Å². The number of benzene rings is 3. The van der Waals surface area contributed by atoms with E-state index < -0.39 is 0 Å². The predicted molar refractivity (Wildman–Crippen MR) is 106 cm³/mol. The van der Waals surface area contributed by atoms with Crippen LogP contribution in [0.5, 0.6) is 11.5 Å². The van der Waals surface area contributed by atoms with E-state index in [1.54, 1.807) is 6.33 Å². The summed E-state index contributed by atoms with van der Waals surface area (Å²) in [6, 6.07) is 14.9. The Morgan fingerprint density at radius 1 is 1.04 bits per heavy atom. The Bertz CT molecular complexity index is 1180. The fourth-order valence-corrected chi connectivity index (χ4v) is 4.01. The molecule has 128 valence electrons. The highest BCUT2D eigenvalue weighted by Gasteiger charge is 2.25. The molecule has 0 N–H and O–H groups in total. The molecule has 0 aliphatic carbocycles. The molecule has 1 aliphatic rings. The van der Waals surface area contributed by atoms with Crippen LogP contribution in [-0.4, -0.2) is 9.97 Å². The lowest BCUT2D eigenvalue weighted by atomic mass is 9.93. The second-order valence-electron chi connectivity index (χ2n) is 7.51. The van der Waals surface area contributed by atoms with Gasteiger partial charge in [-0.1, -0.05) is 38.1 Å². The van der Waals surface area contributed by atoms with E-state index in [4.69, 9.17) is 4.74 Å². The summed E-state index contributed by atoms with van der Waals surface area (Å²) < 4.78 is 6.43. The van der Waals surface area contributed by atoms with Crippen LogP contribution >= 0.6 is 0 Å². The third kappa shape index (κ3) is 2.20. The lowest BCUT2D eigenvalue weighted by Gasteiger charge is -2.23. The van der Waals surface area contributed by atoms with Crippen molar-refractivity contribution in [3.05, 3.63) is 59.9 Å². The molecule has 2 heterocycles. The van der Waals surface area contributed by atoms with Gasteiger partial charge in [-0.25, -0.2) is 9.97 Å². The minimum atomic E-state index is 0.586. The third-order valence-electron chi connectivity index (χ3n) is 5.12. The van der Waals surface area contributed by atoms with Crippen molar-refractivity contribution in [2.24, 2.45) is 5.92 Å². The molecule has 0 saturated carbocycles. The van der Waals surface area contributed by atoms with Crippen LogP contribution in [0.15, 0.2) is 48.8 Å². The van der Waals surface area contributed by atoms with Crippen molar-refractivity contribution >= 4 is 21.7 Å². The lowest BCUT2D eigenvalue weighted by Crippen LogP contribution is -2.04. The summed E-state index contributed by atoms with van der Waals surface area (Å²) in [6.07, 6.45) is 2.68. The molecular weight excluding hydrogens is 320 g/mol. The molecular formula is C23H20N2O. The van der Waals surface area contributed by atoms with Crippen LogP contribution < -0.4 is 4.74 Å². The predicted octanol–water partition coefficient (Wildman–Crippen LogP) is 6.06. The molecule has 3 heteroatoms. The largest absolute Gasteiger partial charge is 0.456 e. The first-order valence-corrected chi connectivity index (χ1v) is 9.10. The molecule has 0 saturated heterocycles. The van der Waals surface area contributed by atoms with E-state index in [0.717, 1.165) is 45.6 Å². The Kier molecular flexibility index (Phi) is 3.26. The second-order valence-corrected chi connectivity index (χ2v) is 7.51. The number of hydrogen-bond donors (Lipinski definition) is 0. The molecule has 0 bridgehead atoms. The van der Waals surface area contributed by atoms with Crippen LogP contribution in [0.4, 0.5) is 0 Å². The van der Waals surface area contributed by atoms with E-state index >= 15 is 0 Å². The topological polar surface area (TPSA) is 35.0 Å². The van der Waals surface area contributed by atoms with Crippen molar-refractivity contribution in [1.82, 2.24) is 9.97 Å². The molecule has 0 amide bonds. The molecule has 3 aromatic carbocycles. The molecule has 0 atom stereocenters. The highest BCUT2D eigenvalue weighted by atomic mass is 16.5. The van der Waals surface area contributed by atoms with Gasteiger partial charge in [-0.05, 0) is 53.8 Å². The zero-order valence-corrected chi connectivity index (χ0v) is 15.2. The average molecular weight is 340 g/mol. The molecule has 0 spiro atoms. The minimum Gasteiger partial charge on any atom is -0.456 e. The molecule has 4 aromatic rings. The smallest absolute Gasteiger partial charge is 0.140 e. The van der Waals surface area contributed by atoms with Gasteiger partial charge in [0, 0.05) is 11.1 Å².